The van der Waals surface area contributed by atoms with Gasteiger partial charge in [-0.2, -0.15) is 0 Å². The Hall–Kier alpha value is -2.35. The van der Waals surface area contributed by atoms with E-state index in [1.807, 2.05) is 36.4 Å². The van der Waals surface area contributed by atoms with Gasteiger partial charge in [0.2, 0.25) is 0 Å². The molecular formula is C15H8NO. The Bertz CT molecular complexity index is 839. The van der Waals surface area contributed by atoms with E-state index in [9.17, 15) is 0 Å². The summed E-state index contributed by atoms with van der Waals surface area (Å²) < 4.78 is 5.78. The first kappa shape index (κ1) is 8.76. The van der Waals surface area contributed by atoms with Crippen LogP contribution in [0.4, 0.5) is 0 Å². The fourth-order valence-corrected chi connectivity index (χ4v) is 2.28. The predicted octanol–water partition coefficient (Wildman–Crippen LogP) is 3.93. The van der Waals surface area contributed by atoms with Gasteiger partial charge >= 0.3 is 0 Å². The number of hydrogen-bond donors (Lipinski definition) is 0. The van der Waals surface area contributed by atoms with Crippen LogP contribution in [0, 0.1) is 6.07 Å². The highest BCUT2D eigenvalue weighted by atomic mass is 16.3. The average Bonchev–Trinajstić information content (AvgIpc) is 2.77. The summed E-state index contributed by atoms with van der Waals surface area (Å²) in [5.74, 6) is 0. The summed E-state index contributed by atoms with van der Waals surface area (Å²) in [7, 11) is 0. The van der Waals surface area contributed by atoms with E-state index in [0.717, 1.165) is 32.8 Å². The van der Waals surface area contributed by atoms with Gasteiger partial charge in [0, 0.05) is 16.2 Å². The normalized spacial score (nSPS) is 11.5. The maximum Gasteiger partial charge on any atom is 0.154 e. The fraction of sp³-hybridized carbons (Fsp3) is 0. The predicted molar refractivity (Wildman–Crippen MR) is 67.9 cm³/mol. The van der Waals surface area contributed by atoms with Crippen molar-refractivity contribution in [3.63, 3.8) is 0 Å². The molecule has 0 aliphatic carbocycles. The minimum Gasteiger partial charge on any atom is -0.454 e. The molecule has 0 amide bonds. The van der Waals surface area contributed by atoms with Gasteiger partial charge in [-0.15, -0.1) is 0 Å². The van der Waals surface area contributed by atoms with Crippen molar-refractivity contribution in [3.05, 3.63) is 54.7 Å². The molecule has 2 heteroatoms. The first-order chi connectivity index (χ1) is 8.43. The summed E-state index contributed by atoms with van der Waals surface area (Å²) in [6.07, 6.45) is 1.78. The van der Waals surface area contributed by atoms with E-state index in [-0.39, 0.29) is 0 Å². The Labute approximate surface area is 97.5 Å². The third kappa shape index (κ3) is 1.12. The molecule has 1 radical (unpaired) electrons. The lowest BCUT2D eigenvalue weighted by molar-refractivity contribution is 0.667. The molecule has 0 unspecified atom stereocenters. The van der Waals surface area contributed by atoms with Crippen molar-refractivity contribution in [2.45, 2.75) is 0 Å². The van der Waals surface area contributed by atoms with Crippen molar-refractivity contribution in [3.8, 4) is 0 Å². The minimum absolute atomic E-state index is 0.821. The second kappa shape index (κ2) is 3.08. The van der Waals surface area contributed by atoms with Crippen LogP contribution < -0.4 is 0 Å². The van der Waals surface area contributed by atoms with Crippen LogP contribution in [0.2, 0.25) is 0 Å². The van der Waals surface area contributed by atoms with Crippen LogP contribution in [0.1, 0.15) is 0 Å². The minimum atomic E-state index is 0.821. The molecule has 2 nitrogen and oxygen atoms in total. The molecule has 4 aromatic rings. The SMILES string of the molecule is [c]1cccc2ncc3oc4ccccc4c3c12. The average molecular weight is 218 g/mol. The van der Waals surface area contributed by atoms with Crippen LogP contribution in [0.25, 0.3) is 32.8 Å². The Balaban J connectivity index is 2.38. The third-order valence-corrected chi connectivity index (χ3v) is 3.03. The zero-order chi connectivity index (χ0) is 11.2. The number of pyridine rings is 1. The summed E-state index contributed by atoms with van der Waals surface area (Å²) in [5, 5.41) is 3.25. The van der Waals surface area contributed by atoms with Gasteiger partial charge in [0.05, 0.1) is 11.7 Å². The summed E-state index contributed by atoms with van der Waals surface area (Å²) in [6, 6.07) is 17.1. The fourth-order valence-electron chi connectivity index (χ4n) is 2.28. The topological polar surface area (TPSA) is 26.0 Å². The van der Waals surface area contributed by atoms with Gasteiger partial charge in [-0.25, -0.2) is 0 Å². The van der Waals surface area contributed by atoms with Gasteiger partial charge < -0.3 is 4.42 Å². The van der Waals surface area contributed by atoms with Crippen LogP contribution in [0.15, 0.2) is 53.1 Å². The number of fused-ring (bicyclic) bond motifs is 5. The molecule has 0 saturated carbocycles. The molecule has 0 spiro atoms. The smallest absolute Gasteiger partial charge is 0.154 e. The number of furan rings is 1. The molecule has 17 heavy (non-hydrogen) atoms. The van der Waals surface area contributed by atoms with E-state index in [4.69, 9.17) is 4.42 Å². The highest BCUT2D eigenvalue weighted by molar-refractivity contribution is 6.17. The van der Waals surface area contributed by atoms with E-state index >= 15 is 0 Å². The van der Waals surface area contributed by atoms with Gasteiger partial charge in [0.15, 0.2) is 5.58 Å². The number of para-hydroxylation sites is 1. The molecular weight excluding hydrogens is 210 g/mol. The zero-order valence-electron chi connectivity index (χ0n) is 8.97. The summed E-state index contributed by atoms with van der Waals surface area (Å²) in [5.41, 5.74) is 2.67. The Morgan fingerprint density at radius 2 is 1.94 bits per heavy atom. The van der Waals surface area contributed by atoms with E-state index in [1.165, 1.54) is 0 Å². The number of hydrogen-bond acceptors (Lipinski definition) is 2. The molecule has 0 atom stereocenters. The van der Waals surface area contributed by atoms with Crippen LogP contribution in [-0.2, 0) is 0 Å². The molecule has 0 saturated heterocycles. The van der Waals surface area contributed by atoms with E-state index in [0.29, 0.717) is 0 Å². The molecule has 4 rings (SSSR count). The van der Waals surface area contributed by atoms with E-state index in [1.54, 1.807) is 6.20 Å². The second-order valence-electron chi connectivity index (χ2n) is 4.03. The van der Waals surface area contributed by atoms with Gasteiger partial charge in [-0.05, 0) is 18.2 Å². The largest absolute Gasteiger partial charge is 0.454 e. The van der Waals surface area contributed by atoms with Crippen molar-refractivity contribution in [1.29, 1.82) is 0 Å². The Morgan fingerprint density at radius 3 is 2.94 bits per heavy atom. The number of nitrogens with zero attached hydrogens (tertiary/aromatic N) is 1. The molecule has 0 N–H and O–H groups in total. The molecule has 0 fully saturated rings. The van der Waals surface area contributed by atoms with Crippen molar-refractivity contribution >= 4 is 32.8 Å². The molecule has 0 aliphatic heterocycles. The van der Waals surface area contributed by atoms with Crippen LogP contribution >= 0.6 is 0 Å². The van der Waals surface area contributed by atoms with E-state index in [2.05, 4.69) is 17.1 Å². The lowest BCUT2D eigenvalue weighted by atomic mass is 10.1. The molecule has 79 valence electrons. The number of benzene rings is 2. The van der Waals surface area contributed by atoms with Crippen molar-refractivity contribution in [2.24, 2.45) is 0 Å². The Morgan fingerprint density at radius 1 is 1.00 bits per heavy atom. The van der Waals surface area contributed by atoms with Crippen molar-refractivity contribution < 1.29 is 4.42 Å². The lowest BCUT2D eigenvalue weighted by Crippen LogP contribution is -1.78. The quantitative estimate of drug-likeness (QED) is 0.447. The van der Waals surface area contributed by atoms with Gasteiger partial charge in [-0.1, -0.05) is 30.3 Å². The van der Waals surface area contributed by atoms with Crippen molar-refractivity contribution in [2.75, 3.05) is 0 Å². The molecule has 0 bridgehead atoms. The summed E-state index contributed by atoms with van der Waals surface area (Å²) in [4.78, 5) is 4.38. The Kier molecular flexibility index (Phi) is 1.59. The second-order valence-corrected chi connectivity index (χ2v) is 4.03. The standard InChI is InChI=1S/C15H8NO/c1-3-7-12-10(5-1)15-11-6-2-4-8-13(11)17-14(15)9-16-12/h1-4,6-9H. The van der Waals surface area contributed by atoms with Crippen LogP contribution in [0.3, 0.4) is 0 Å². The van der Waals surface area contributed by atoms with Crippen molar-refractivity contribution in [1.82, 2.24) is 4.98 Å². The first-order valence-electron chi connectivity index (χ1n) is 5.50. The molecule has 2 heterocycles. The molecule has 2 aromatic carbocycles. The zero-order valence-corrected chi connectivity index (χ0v) is 8.97. The van der Waals surface area contributed by atoms with Crippen LogP contribution in [0.5, 0.6) is 0 Å². The maximum absolute atomic E-state index is 5.78. The van der Waals surface area contributed by atoms with Gasteiger partial charge in [-0.3, -0.25) is 4.98 Å². The first-order valence-corrected chi connectivity index (χ1v) is 5.50. The summed E-state index contributed by atoms with van der Waals surface area (Å²) >= 11 is 0. The van der Waals surface area contributed by atoms with Gasteiger partial charge in [0.1, 0.15) is 5.58 Å². The molecule has 0 aliphatic rings. The lowest BCUT2D eigenvalue weighted by Gasteiger charge is -1.96. The number of aromatic nitrogens is 1. The monoisotopic (exact) mass is 218 g/mol. The number of rotatable bonds is 0. The highest BCUT2D eigenvalue weighted by Crippen LogP contribution is 2.32. The molecule has 2 aromatic heterocycles. The van der Waals surface area contributed by atoms with Crippen LogP contribution in [-0.4, -0.2) is 4.98 Å². The van der Waals surface area contributed by atoms with Gasteiger partial charge in [0.25, 0.3) is 0 Å². The maximum atomic E-state index is 5.78. The van der Waals surface area contributed by atoms with E-state index < -0.39 is 0 Å². The third-order valence-electron chi connectivity index (χ3n) is 3.03. The highest BCUT2D eigenvalue weighted by Gasteiger charge is 2.09. The summed E-state index contributed by atoms with van der Waals surface area (Å²) in [6.45, 7) is 0.